The summed E-state index contributed by atoms with van der Waals surface area (Å²) < 4.78 is 5.41. The molecule has 0 spiro atoms. The van der Waals surface area contributed by atoms with Crippen molar-refractivity contribution in [2.75, 3.05) is 64.8 Å². The number of nitrogens with zero attached hydrogens (tertiary/aromatic N) is 4. The summed E-state index contributed by atoms with van der Waals surface area (Å²) in [6.07, 6.45) is 14.0. The second-order valence-corrected chi connectivity index (χ2v) is 21.3. The van der Waals surface area contributed by atoms with Gasteiger partial charge in [-0.3, -0.25) is 24.2 Å². The van der Waals surface area contributed by atoms with Gasteiger partial charge in [0.05, 0.1) is 17.2 Å². The number of aromatic amines is 2. The number of H-pyrrole nitrogens is 2. The average molecular weight is 1070 g/mol. The Morgan fingerprint density at radius 1 is 0.622 bits per heavy atom. The topological polar surface area (TPSA) is 175 Å². The van der Waals surface area contributed by atoms with Crippen LogP contribution in [0.15, 0.2) is 103 Å². The van der Waals surface area contributed by atoms with Crippen LogP contribution in [0.3, 0.4) is 0 Å². The first-order chi connectivity index (χ1) is 35.8. The number of halogens is 3. The summed E-state index contributed by atoms with van der Waals surface area (Å²) in [5, 5.41) is 27.0. The smallest absolute Gasteiger partial charge is 0.321 e. The Hall–Kier alpha value is -6.03. The van der Waals surface area contributed by atoms with Crippen molar-refractivity contribution in [1.82, 2.24) is 29.6 Å². The third-order valence-electron chi connectivity index (χ3n) is 15.8. The number of urea groups is 1. The van der Waals surface area contributed by atoms with Crippen molar-refractivity contribution in [2.45, 2.75) is 75.3 Å². The fourth-order valence-corrected chi connectivity index (χ4v) is 12.3. The molecule has 4 saturated heterocycles. The highest BCUT2D eigenvalue weighted by Crippen LogP contribution is 2.38. The second-order valence-electron chi connectivity index (χ2n) is 20.1. The van der Waals surface area contributed by atoms with Crippen LogP contribution in [0, 0.1) is 11.8 Å². The lowest BCUT2D eigenvalue weighted by Crippen LogP contribution is -2.52. The maximum absolute atomic E-state index is 12.8. The maximum atomic E-state index is 12.8. The molecule has 4 aliphatic heterocycles. The molecule has 2 atom stereocenters. The third kappa shape index (κ3) is 12.4. The number of benzene rings is 4. The standard InChI is InChI=1S/C29H32ClN3O3.C28H32Cl2N4O4/c30-23-5-3-4-20(18-23)8-9-27(34)32-14-12-22(13-15-32)28(29(35)36)33-16-10-21(11-17-33)25-19-31-26-7-2-1-6-24(25)26;1-38-20-3-5-25-21(15-20)22(16-31-25)17-6-10-33(11-7-17)26(27(35)36)18-8-12-34(13-9-18)28(37)32-19-2-4-23(29)24(30)14-19/h1-9,18-19,21-22,28,31H,10-17H2,(H,35,36);2-5,14-18,26,31H,6-13H2,1H3,(H,32,37)(H,35,36)/b9-8+;. The first kappa shape index (κ1) is 52.8. The van der Waals surface area contributed by atoms with E-state index in [9.17, 15) is 29.4 Å². The molecule has 2 aromatic heterocycles. The molecule has 0 saturated carbocycles. The Bertz CT molecular complexity index is 2960. The van der Waals surface area contributed by atoms with Gasteiger partial charge in [-0.05, 0) is 179 Å². The number of carboxylic acid groups (broad SMARTS) is 2. The Morgan fingerprint density at radius 2 is 1.19 bits per heavy atom. The molecule has 17 heteroatoms. The summed E-state index contributed by atoms with van der Waals surface area (Å²) >= 11 is 18.0. The number of piperidine rings is 4. The number of carbonyl (C=O) groups excluding carboxylic acids is 2. The van der Waals surface area contributed by atoms with Crippen LogP contribution in [0.1, 0.15) is 79.9 Å². The van der Waals surface area contributed by atoms with Crippen LogP contribution in [0.2, 0.25) is 15.1 Å². The molecule has 14 nitrogen and oxygen atoms in total. The monoisotopic (exact) mass is 1060 g/mol. The number of hydrogen-bond donors (Lipinski definition) is 5. The number of ether oxygens (including phenoxy) is 1. The molecule has 0 radical (unpaired) electrons. The number of carboxylic acids is 2. The number of fused-ring (bicyclic) bond motifs is 2. The zero-order valence-corrected chi connectivity index (χ0v) is 43.8. The number of para-hydroxylation sites is 1. The van der Waals surface area contributed by atoms with Gasteiger partial charge < -0.3 is 40.0 Å². The van der Waals surface area contributed by atoms with Crippen LogP contribution in [0.4, 0.5) is 10.5 Å². The van der Waals surface area contributed by atoms with E-state index >= 15 is 0 Å². The normalized spacial score (nSPS) is 18.8. The predicted octanol–water partition coefficient (Wildman–Crippen LogP) is 11.5. The van der Waals surface area contributed by atoms with Crippen molar-refractivity contribution >= 4 is 92.2 Å². The van der Waals surface area contributed by atoms with Crippen molar-refractivity contribution in [3.8, 4) is 5.75 Å². The van der Waals surface area contributed by atoms with Crippen LogP contribution in [-0.4, -0.2) is 135 Å². The Labute approximate surface area is 446 Å². The molecule has 0 aliphatic carbocycles. The number of likely N-dealkylation sites (tertiary alicyclic amines) is 4. The first-order valence-corrected chi connectivity index (χ1v) is 26.8. The minimum Gasteiger partial charge on any atom is -0.497 e. The van der Waals surface area contributed by atoms with Gasteiger partial charge in [-0.15, -0.1) is 0 Å². The van der Waals surface area contributed by atoms with Gasteiger partial charge in [0.25, 0.3) is 0 Å². The zero-order chi connectivity index (χ0) is 51.9. The molecule has 4 fully saturated rings. The zero-order valence-electron chi connectivity index (χ0n) is 41.5. The fourth-order valence-electron chi connectivity index (χ4n) is 11.8. The average Bonchev–Trinajstić information content (AvgIpc) is 4.05. The molecule has 10 rings (SSSR count). The third-order valence-corrected chi connectivity index (χ3v) is 16.8. The van der Waals surface area contributed by atoms with Gasteiger partial charge in [-0.1, -0.05) is 65.1 Å². The van der Waals surface area contributed by atoms with E-state index in [1.807, 2.05) is 41.3 Å². The Kier molecular flexibility index (Phi) is 17.2. The molecule has 5 N–H and O–H groups in total. The van der Waals surface area contributed by atoms with Crippen molar-refractivity contribution in [1.29, 1.82) is 0 Å². The van der Waals surface area contributed by atoms with Crippen molar-refractivity contribution in [2.24, 2.45) is 11.8 Å². The summed E-state index contributed by atoms with van der Waals surface area (Å²) in [6.45, 7) is 5.21. The Balaban J connectivity index is 0.000000182. The molecule has 6 heterocycles. The van der Waals surface area contributed by atoms with Gasteiger partial charge in [0.15, 0.2) is 0 Å². The maximum Gasteiger partial charge on any atom is 0.321 e. The van der Waals surface area contributed by atoms with Crippen LogP contribution in [0.25, 0.3) is 27.9 Å². The lowest BCUT2D eigenvalue weighted by molar-refractivity contribution is -0.148. The number of nitrogens with one attached hydrogen (secondary N) is 3. The molecule has 390 valence electrons. The Morgan fingerprint density at radius 3 is 1.76 bits per heavy atom. The summed E-state index contributed by atoms with van der Waals surface area (Å²) in [5.41, 5.74) is 6.31. The number of rotatable bonds is 12. The quantitative estimate of drug-likeness (QED) is 0.0747. The molecule has 4 aromatic carbocycles. The second kappa shape index (κ2) is 24.1. The van der Waals surface area contributed by atoms with E-state index in [2.05, 4.69) is 61.7 Å². The lowest BCUT2D eigenvalue weighted by atomic mass is 9.84. The van der Waals surface area contributed by atoms with Crippen LogP contribution < -0.4 is 10.1 Å². The number of amides is 3. The van der Waals surface area contributed by atoms with Gasteiger partial charge in [0, 0.05) is 77.2 Å². The molecule has 2 unspecified atom stereocenters. The molecule has 74 heavy (non-hydrogen) atoms. The van der Waals surface area contributed by atoms with E-state index < -0.39 is 24.0 Å². The van der Waals surface area contributed by atoms with Gasteiger partial charge >= 0.3 is 18.0 Å². The van der Waals surface area contributed by atoms with E-state index in [0.717, 1.165) is 74.2 Å². The molecule has 6 aromatic rings. The van der Waals surface area contributed by atoms with Gasteiger partial charge in [-0.2, -0.15) is 0 Å². The van der Waals surface area contributed by atoms with E-state index in [1.165, 1.54) is 21.9 Å². The van der Waals surface area contributed by atoms with Gasteiger partial charge in [-0.25, -0.2) is 4.79 Å². The summed E-state index contributed by atoms with van der Waals surface area (Å²) in [4.78, 5) is 64.8. The van der Waals surface area contributed by atoms with Gasteiger partial charge in [0.2, 0.25) is 5.91 Å². The van der Waals surface area contributed by atoms with Crippen molar-refractivity contribution < 1.29 is 34.1 Å². The van der Waals surface area contributed by atoms with E-state index in [0.29, 0.717) is 84.5 Å². The molecule has 3 amide bonds. The number of anilines is 1. The van der Waals surface area contributed by atoms with E-state index in [4.69, 9.17) is 39.5 Å². The molecular weight excluding hydrogens is 1000 g/mol. The number of carbonyl (C=O) groups is 4. The summed E-state index contributed by atoms with van der Waals surface area (Å²) in [6, 6.07) is 25.5. The minimum atomic E-state index is -0.779. The summed E-state index contributed by atoms with van der Waals surface area (Å²) in [7, 11) is 1.67. The van der Waals surface area contributed by atoms with Crippen molar-refractivity contribution in [3.05, 3.63) is 135 Å². The highest BCUT2D eigenvalue weighted by atomic mass is 35.5. The fraction of sp³-hybridized carbons (Fsp3) is 0.404. The van der Waals surface area contributed by atoms with E-state index in [-0.39, 0.29) is 23.8 Å². The first-order valence-electron chi connectivity index (χ1n) is 25.7. The number of aromatic nitrogens is 2. The van der Waals surface area contributed by atoms with E-state index in [1.54, 1.807) is 48.4 Å². The SMILES string of the molecule is COc1ccc2[nH]cc(C3CCN(C(C(=O)O)C4CCN(C(=O)Nc5ccc(Cl)c(Cl)c5)CC4)CC3)c2c1.O=C(O)C(C1CCN(C(=O)/C=C/c2cccc(Cl)c2)CC1)N1CCC(c2c[nH]c3ccccc23)CC1. The largest absolute Gasteiger partial charge is 0.497 e. The number of aliphatic carboxylic acids is 2. The molecule has 0 bridgehead atoms. The predicted molar refractivity (Wildman–Crippen MR) is 293 cm³/mol. The van der Waals surface area contributed by atoms with Crippen LogP contribution in [0.5, 0.6) is 5.75 Å². The number of methoxy groups -OCH3 is 1. The highest BCUT2D eigenvalue weighted by molar-refractivity contribution is 6.42. The van der Waals surface area contributed by atoms with Crippen molar-refractivity contribution in [3.63, 3.8) is 0 Å². The lowest BCUT2D eigenvalue weighted by Gasteiger charge is -2.41. The number of hydrogen-bond acceptors (Lipinski definition) is 7. The van der Waals surface area contributed by atoms with Crippen LogP contribution in [-0.2, 0) is 14.4 Å². The summed E-state index contributed by atoms with van der Waals surface area (Å²) in [5.74, 6) is 0.123. The van der Waals surface area contributed by atoms with Crippen LogP contribution >= 0.6 is 34.8 Å². The highest BCUT2D eigenvalue weighted by Gasteiger charge is 2.40. The molecule has 4 aliphatic rings. The molecular formula is C57H64Cl3N7O7. The minimum absolute atomic E-state index is 0.00423. The van der Waals surface area contributed by atoms with Gasteiger partial charge in [0.1, 0.15) is 17.8 Å².